The molecule has 0 heterocycles. The lowest BCUT2D eigenvalue weighted by atomic mass is 10.0. The molecule has 0 bridgehead atoms. The average Bonchev–Trinajstić information content (AvgIpc) is 2.48. The summed E-state index contributed by atoms with van der Waals surface area (Å²) >= 11 is 1.48. The van der Waals surface area contributed by atoms with Crippen LogP contribution in [0.15, 0.2) is 47.7 Å². The number of carbonyl (C=O) groups excluding carboxylic acids is 1. The number of benzene rings is 1. The molecule has 106 valence electrons. The third kappa shape index (κ3) is 3.63. The highest BCUT2D eigenvalue weighted by Gasteiger charge is 2.15. The van der Waals surface area contributed by atoms with Gasteiger partial charge in [-0.3, -0.25) is 4.79 Å². The second kappa shape index (κ2) is 7.14. The van der Waals surface area contributed by atoms with Gasteiger partial charge in [-0.05, 0) is 42.5 Å². The van der Waals surface area contributed by atoms with Gasteiger partial charge in [0.15, 0.2) is 0 Å². The van der Waals surface area contributed by atoms with E-state index in [0.717, 1.165) is 24.1 Å². The topological polar surface area (TPSA) is 41.1 Å². The standard InChI is InChI=1S/C15H17FN2OS/c1-2-11-9-12(7-8-14(11)17-10-19)20-18-15-6-4-3-5-13(15)16/h3-6,8-10,12,18H,2,7H2,1H3,(H,17,19). The molecule has 0 radical (unpaired) electrons. The summed E-state index contributed by atoms with van der Waals surface area (Å²) in [4.78, 5) is 10.5. The molecule has 1 atom stereocenters. The van der Waals surface area contributed by atoms with E-state index in [9.17, 15) is 9.18 Å². The third-order valence-electron chi connectivity index (χ3n) is 3.08. The van der Waals surface area contributed by atoms with Crippen LogP contribution in [0.25, 0.3) is 0 Å². The van der Waals surface area contributed by atoms with Crippen molar-refractivity contribution in [3.05, 3.63) is 53.5 Å². The van der Waals surface area contributed by atoms with E-state index in [4.69, 9.17) is 0 Å². The lowest BCUT2D eigenvalue weighted by molar-refractivity contribution is -0.108. The zero-order valence-electron chi connectivity index (χ0n) is 11.2. The molecule has 0 saturated heterocycles. The number of rotatable bonds is 6. The van der Waals surface area contributed by atoms with Gasteiger partial charge in [0.25, 0.3) is 0 Å². The van der Waals surface area contributed by atoms with Crippen LogP contribution in [0.4, 0.5) is 10.1 Å². The molecule has 0 saturated carbocycles. The van der Waals surface area contributed by atoms with Crippen LogP contribution in [0.1, 0.15) is 19.8 Å². The number of halogens is 1. The first-order chi connectivity index (χ1) is 9.74. The van der Waals surface area contributed by atoms with Crippen molar-refractivity contribution in [1.29, 1.82) is 0 Å². The number of para-hydroxylation sites is 1. The number of hydrogen-bond acceptors (Lipinski definition) is 3. The molecule has 5 heteroatoms. The Morgan fingerprint density at radius 3 is 2.95 bits per heavy atom. The van der Waals surface area contributed by atoms with Gasteiger partial charge in [-0.1, -0.05) is 31.2 Å². The molecule has 1 aliphatic rings. The van der Waals surface area contributed by atoms with Crippen molar-refractivity contribution in [2.75, 3.05) is 4.72 Å². The van der Waals surface area contributed by atoms with E-state index in [-0.39, 0.29) is 11.1 Å². The summed E-state index contributed by atoms with van der Waals surface area (Å²) in [5.41, 5.74) is 2.48. The smallest absolute Gasteiger partial charge is 0.211 e. The van der Waals surface area contributed by atoms with Gasteiger partial charge in [0, 0.05) is 10.9 Å². The monoisotopic (exact) mass is 292 g/mol. The minimum Gasteiger partial charge on any atom is -0.329 e. The summed E-state index contributed by atoms with van der Waals surface area (Å²) < 4.78 is 16.5. The number of allylic oxidation sites excluding steroid dienone is 2. The molecule has 1 aromatic carbocycles. The fourth-order valence-electron chi connectivity index (χ4n) is 2.04. The van der Waals surface area contributed by atoms with Crippen LogP contribution in [0.5, 0.6) is 0 Å². The summed E-state index contributed by atoms with van der Waals surface area (Å²) in [6.45, 7) is 2.05. The van der Waals surface area contributed by atoms with E-state index >= 15 is 0 Å². The molecular formula is C15H17FN2OS. The van der Waals surface area contributed by atoms with Gasteiger partial charge in [-0.15, -0.1) is 0 Å². The summed E-state index contributed by atoms with van der Waals surface area (Å²) in [7, 11) is 0. The van der Waals surface area contributed by atoms with Crippen LogP contribution >= 0.6 is 11.9 Å². The highest BCUT2D eigenvalue weighted by molar-refractivity contribution is 8.01. The van der Waals surface area contributed by atoms with Crippen molar-refractivity contribution < 1.29 is 9.18 Å². The summed E-state index contributed by atoms with van der Waals surface area (Å²) in [5.74, 6) is -0.255. The van der Waals surface area contributed by atoms with Crippen molar-refractivity contribution in [2.24, 2.45) is 0 Å². The molecule has 2 rings (SSSR count). The molecule has 0 spiro atoms. The van der Waals surface area contributed by atoms with Crippen LogP contribution < -0.4 is 10.0 Å². The maximum absolute atomic E-state index is 13.5. The minimum atomic E-state index is -0.255. The van der Waals surface area contributed by atoms with E-state index in [1.54, 1.807) is 18.2 Å². The first-order valence-corrected chi connectivity index (χ1v) is 7.40. The van der Waals surface area contributed by atoms with E-state index in [0.29, 0.717) is 12.1 Å². The molecular weight excluding hydrogens is 275 g/mol. The molecule has 1 unspecified atom stereocenters. The van der Waals surface area contributed by atoms with Gasteiger partial charge in [-0.25, -0.2) is 4.39 Å². The largest absolute Gasteiger partial charge is 0.329 e. The SMILES string of the molecule is CCC1=CC(SNc2ccccc2F)CC=C1NC=O. The van der Waals surface area contributed by atoms with Gasteiger partial charge in [-0.2, -0.15) is 0 Å². The molecule has 0 aromatic heterocycles. The van der Waals surface area contributed by atoms with Crippen LogP contribution in [-0.2, 0) is 4.79 Å². The van der Waals surface area contributed by atoms with Crippen molar-refractivity contribution in [3.63, 3.8) is 0 Å². The highest BCUT2D eigenvalue weighted by atomic mass is 32.2. The summed E-state index contributed by atoms with van der Waals surface area (Å²) in [6, 6.07) is 6.61. The summed E-state index contributed by atoms with van der Waals surface area (Å²) in [6.07, 6.45) is 6.47. The van der Waals surface area contributed by atoms with Crippen molar-refractivity contribution in [3.8, 4) is 0 Å². The van der Waals surface area contributed by atoms with Crippen LogP contribution in [0.2, 0.25) is 0 Å². The minimum absolute atomic E-state index is 0.224. The number of amides is 1. The van der Waals surface area contributed by atoms with Crippen LogP contribution in [0, 0.1) is 5.82 Å². The lowest BCUT2D eigenvalue weighted by Crippen LogP contribution is -2.18. The quantitative estimate of drug-likeness (QED) is 0.621. The molecule has 3 nitrogen and oxygen atoms in total. The number of anilines is 1. The van der Waals surface area contributed by atoms with Crippen molar-refractivity contribution >= 4 is 24.0 Å². The molecule has 1 amide bonds. The molecule has 1 aliphatic carbocycles. The van der Waals surface area contributed by atoms with Crippen LogP contribution in [-0.4, -0.2) is 11.7 Å². The second-order valence-corrected chi connectivity index (χ2v) is 5.44. The Hall–Kier alpha value is -1.75. The van der Waals surface area contributed by atoms with Gasteiger partial charge >= 0.3 is 0 Å². The molecule has 0 aliphatic heterocycles. The van der Waals surface area contributed by atoms with E-state index in [1.807, 2.05) is 13.0 Å². The maximum Gasteiger partial charge on any atom is 0.211 e. The number of hydrogen-bond donors (Lipinski definition) is 2. The fourth-order valence-corrected chi connectivity index (χ4v) is 2.90. The third-order valence-corrected chi connectivity index (χ3v) is 4.05. The van der Waals surface area contributed by atoms with Gasteiger partial charge < -0.3 is 10.0 Å². The van der Waals surface area contributed by atoms with Gasteiger partial charge in [0.2, 0.25) is 6.41 Å². The predicted molar refractivity (Wildman–Crippen MR) is 81.7 cm³/mol. The Labute approximate surface area is 122 Å². The van der Waals surface area contributed by atoms with Gasteiger partial charge in [0.05, 0.1) is 5.69 Å². The van der Waals surface area contributed by atoms with E-state index in [1.165, 1.54) is 18.0 Å². The molecule has 1 aromatic rings. The Kier molecular flexibility index (Phi) is 5.24. The predicted octanol–water partition coefficient (Wildman–Crippen LogP) is 3.62. The van der Waals surface area contributed by atoms with Gasteiger partial charge in [0.1, 0.15) is 5.82 Å². The zero-order chi connectivity index (χ0) is 14.4. The highest BCUT2D eigenvalue weighted by Crippen LogP contribution is 2.28. The van der Waals surface area contributed by atoms with Crippen molar-refractivity contribution in [1.82, 2.24) is 5.32 Å². The molecule has 20 heavy (non-hydrogen) atoms. The van der Waals surface area contributed by atoms with Crippen molar-refractivity contribution in [2.45, 2.75) is 25.0 Å². The normalized spacial score (nSPS) is 18.0. The Morgan fingerprint density at radius 1 is 1.45 bits per heavy atom. The van der Waals surface area contributed by atoms with Crippen LogP contribution in [0.3, 0.4) is 0 Å². The average molecular weight is 292 g/mol. The maximum atomic E-state index is 13.5. The van der Waals surface area contributed by atoms with E-state index < -0.39 is 0 Å². The van der Waals surface area contributed by atoms with E-state index in [2.05, 4.69) is 16.1 Å². The Balaban J connectivity index is 1.97. The fraction of sp³-hybridized carbons (Fsp3) is 0.267. The Bertz CT molecular complexity index is 542. The number of carbonyl (C=O) groups is 1. The zero-order valence-corrected chi connectivity index (χ0v) is 12.0. The Morgan fingerprint density at radius 2 is 2.25 bits per heavy atom. The summed E-state index contributed by atoms with van der Waals surface area (Å²) in [5, 5.41) is 2.94. The molecule has 2 N–H and O–H groups in total. The lowest BCUT2D eigenvalue weighted by Gasteiger charge is -2.21. The number of nitrogens with one attached hydrogen (secondary N) is 2. The first kappa shape index (κ1) is 14.7. The molecule has 0 fully saturated rings. The second-order valence-electron chi connectivity index (χ2n) is 4.40. The first-order valence-electron chi connectivity index (χ1n) is 6.52.